The third-order valence-electron chi connectivity index (χ3n) is 3.23. The van der Waals surface area contributed by atoms with Crippen molar-refractivity contribution in [2.24, 2.45) is 0 Å². The zero-order valence-electron chi connectivity index (χ0n) is 11.9. The predicted octanol–water partition coefficient (Wildman–Crippen LogP) is 1.82. The van der Waals surface area contributed by atoms with Crippen LogP contribution in [0.5, 0.6) is 0 Å². The standard InChI is InChI=1S/C15H9N3O5S/c19-13-9-3-1-2-4-11(9)24-12-7-8(18(22)23)5-6-10(12)14(20)17-15(21)16-13/h1-7H,(H2,16,17,19,20,21). The van der Waals surface area contributed by atoms with Gasteiger partial charge in [0.15, 0.2) is 0 Å². The highest BCUT2D eigenvalue weighted by atomic mass is 32.1. The summed E-state index contributed by atoms with van der Waals surface area (Å²) in [5.74, 6) is 0. The Labute approximate surface area is 136 Å². The zero-order chi connectivity index (χ0) is 17.3. The van der Waals surface area contributed by atoms with Crippen molar-refractivity contribution in [3.8, 4) is 0 Å². The van der Waals surface area contributed by atoms with Gasteiger partial charge in [-0.15, -0.1) is 11.3 Å². The highest BCUT2D eigenvalue weighted by molar-refractivity contribution is 7.24. The fourth-order valence-electron chi connectivity index (χ4n) is 2.13. The molecule has 1 aromatic heterocycles. The van der Waals surface area contributed by atoms with Crippen molar-refractivity contribution < 1.29 is 4.92 Å². The molecule has 0 saturated heterocycles. The predicted molar refractivity (Wildman–Crippen MR) is 91.1 cm³/mol. The summed E-state index contributed by atoms with van der Waals surface area (Å²) in [5, 5.41) is 11.3. The molecule has 9 heteroatoms. The van der Waals surface area contributed by atoms with E-state index >= 15 is 0 Å². The van der Waals surface area contributed by atoms with Crippen LogP contribution in [0.25, 0.3) is 20.2 Å². The molecular formula is C15H9N3O5S. The molecule has 24 heavy (non-hydrogen) atoms. The number of nitro groups is 1. The number of H-pyrrole nitrogens is 2. The maximum absolute atomic E-state index is 12.2. The second-order valence-electron chi connectivity index (χ2n) is 4.77. The lowest BCUT2D eigenvalue weighted by atomic mass is 10.2. The summed E-state index contributed by atoms with van der Waals surface area (Å²) in [6.45, 7) is 0. The van der Waals surface area contributed by atoms with E-state index in [0.717, 1.165) is 11.3 Å². The van der Waals surface area contributed by atoms with Crippen LogP contribution >= 0.6 is 11.3 Å². The molecule has 0 spiro atoms. The number of nitrogens with zero attached hydrogens (tertiary/aromatic N) is 1. The molecule has 0 aliphatic heterocycles. The lowest BCUT2D eigenvalue weighted by molar-refractivity contribution is -0.384. The van der Waals surface area contributed by atoms with E-state index in [1.165, 1.54) is 24.3 Å². The van der Waals surface area contributed by atoms with Gasteiger partial charge in [0.1, 0.15) is 0 Å². The molecule has 0 aliphatic carbocycles. The average molecular weight is 343 g/mol. The Balaban J connectivity index is 2.66. The second-order valence-corrected chi connectivity index (χ2v) is 5.86. The third-order valence-corrected chi connectivity index (χ3v) is 4.36. The van der Waals surface area contributed by atoms with E-state index < -0.39 is 21.7 Å². The van der Waals surface area contributed by atoms with Crippen LogP contribution in [0.2, 0.25) is 0 Å². The van der Waals surface area contributed by atoms with Gasteiger partial charge in [-0.2, -0.15) is 0 Å². The number of aromatic amines is 2. The van der Waals surface area contributed by atoms with Gasteiger partial charge in [0.05, 0.1) is 15.7 Å². The highest BCUT2D eigenvalue weighted by Gasteiger charge is 2.08. The van der Waals surface area contributed by atoms with E-state index in [2.05, 4.69) is 4.98 Å². The molecule has 0 amide bonds. The van der Waals surface area contributed by atoms with Crippen LogP contribution in [0.1, 0.15) is 0 Å². The van der Waals surface area contributed by atoms with Crippen LogP contribution in [-0.4, -0.2) is 14.9 Å². The van der Waals surface area contributed by atoms with E-state index in [4.69, 9.17) is 0 Å². The molecule has 0 bridgehead atoms. The number of aromatic nitrogens is 2. The molecule has 3 aromatic rings. The van der Waals surface area contributed by atoms with Gasteiger partial charge in [0.2, 0.25) is 0 Å². The largest absolute Gasteiger partial charge is 0.328 e. The minimum Gasteiger partial charge on any atom is -0.274 e. The molecule has 3 rings (SSSR count). The number of fused-ring (bicyclic) bond motifs is 2. The lowest BCUT2D eigenvalue weighted by Gasteiger charge is -1.96. The second kappa shape index (κ2) is 6.05. The van der Waals surface area contributed by atoms with Crippen molar-refractivity contribution in [3.63, 3.8) is 0 Å². The van der Waals surface area contributed by atoms with Crippen molar-refractivity contribution in [2.45, 2.75) is 0 Å². The molecule has 120 valence electrons. The first-order valence-electron chi connectivity index (χ1n) is 6.67. The van der Waals surface area contributed by atoms with Crippen molar-refractivity contribution in [3.05, 3.63) is 83.8 Å². The number of hydrogen-bond donors (Lipinski definition) is 2. The number of nitro benzene ring substituents is 1. The summed E-state index contributed by atoms with van der Waals surface area (Å²) in [7, 11) is 0. The van der Waals surface area contributed by atoms with Crippen molar-refractivity contribution >= 4 is 37.2 Å². The number of rotatable bonds is 1. The van der Waals surface area contributed by atoms with E-state index in [-0.39, 0.29) is 21.2 Å². The topological polar surface area (TPSA) is 126 Å². The maximum atomic E-state index is 12.2. The molecule has 0 fully saturated rings. The average Bonchev–Trinajstić information content (AvgIpc) is 2.54. The van der Waals surface area contributed by atoms with Gasteiger partial charge in [-0.25, -0.2) is 4.79 Å². The van der Waals surface area contributed by atoms with Gasteiger partial charge in [0.25, 0.3) is 16.8 Å². The highest BCUT2D eigenvalue weighted by Crippen LogP contribution is 2.24. The number of hydrogen-bond acceptors (Lipinski definition) is 6. The zero-order valence-corrected chi connectivity index (χ0v) is 12.8. The summed E-state index contributed by atoms with van der Waals surface area (Å²) < 4.78 is 0.746. The van der Waals surface area contributed by atoms with Crippen molar-refractivity contribution in [1.29, 1.82) is 0 Å². The summed E-state index contributed by atoms with van der Waals surface area (Å²) in [5.41, 5.74) is -2.58. The molecule has 0 radical (unpaired) electrons. The van der Waals surface area contributed by atoms with Gasteiger partial charge in [-0.3, -0.25) is 29.7 Å². The molecule has 0 saturated carbocycles. The van der Waals surface area contributed by atoms with E-state index in [0.29, 0.717) is 4.70 Å². The summed E-state index contributed by atoms with van der Waals surface area (Å²) in [6, 6.07) is 10.2. The van der Waals surface area contributed by atoms with Gasteiger partial charge in [-0.1, -0.05) is 12.1 Å². The Kier molecular flexibility index (Phi) is 3.92. The summed E-state index contributed by atoms with van der Waals surface area (Å²) in [6.07, 6.45) is 0. The Bertz CT molecular complexity index is 1210. The van der Waals surface area contributed by atoms with Gasteiger partial charge < -0.3 is 0 Å². The van der Waals surface area contributed by atoms with Crippen LogP contribution in [0.4, 0.5) is 5.69 Å². The molecule has 1 heterocycles. The van der Waals surface area contributed by atoms with Crippen LogP contribution < -0.4 is 16.8 Å². The first kappa shape index (κ1) is 15.6. The normalized spacial score (nSPS) is 10.5. The minimum absolute atomic E-state index is 0.102. The van der Waals surface area contributed by atoms with Crippen LogP contribution in [0, 0.1) is 10.1 Å². The monoisotopic (exact) mass is 343 g/mol. The quantitative estimate of drug-likeness (QED) is 0.515. The van der Waals surface area contributed by atoms with E-state index in [1.54, 1.807) is 18.2 Å². The summed E-state index contributed by atoms with van der Waals surface area (Å²) >= 11 is 1.04. The molecule has 2 N–H and O–H groups in total. The molecule has 8 nitrogen and oxygen atoms in total. The van der Waals surface area contributed by atoms with Crippen molar-refractivity contribution in [2.75, 3.05) is 0 Å². The number of nitrogens with one attached hydrogen (secondary N) is 2. The summed E-state index contributed by atoms with van der Waals surface area (Å²) in [4.78, 5) is 50.5. The van der Waals surface area contributed by atoms with Crippen molar-refractivity contribution in [1.82, 2.24) is 9.97 Å². The maximum Gasteiger partial charge on any atom is 0.328 e. The number of non-ortho nitro benzene ring substituents is 1. The van der Waals surface area contributed by atoms with Crippen LogP contribution in [0.3, 0.4) is 0 Å². The molecule has 0 atom stereocenters. The van der Waals surface area contributed by atoms with E-state index in [1.807, 2.05) is 4.98 Å². The fourth-order valence-corrected chi connectivity index (χ4v) is 3.24. The molecule has 0 unspecified atom stereocenters. The first-order chi connectivity index (χ1) is 11.5. The Morgan fingerprint density at radius 3 is 2.17 bits per heavy atom. The third kappa shape index (κ3) is 2.92. The van der Waals surface area contributed by atoms with Crippen LogP contribution in [-0.2, 0) is 0 Å². The Hall–Kier alpha value is -3.33. The van der Waals surface area contributed by atoms with Gasteiger partial charge in [0, 0.05) is 21.5 Å². The van der Waals surface area contributed by atoms with Gasteiger partial charge in [-0.05, 0) is 18.2 Å². The fraction of sp³-hybridized carbons (Fsp3) is 0. The number of benzene rings is 2. The minimum atomic E-state index is -0.962. The Morgan fingerprint density at radius 2 is 1.50 bits per heavy atom. The first-order valence-corrected chi connectivity index (χ1v) is 7.49. The lowest BCUT2D eigenvalue weighted by Crippen LogP contribution is -2.23. The smallest absolute Gasteiger partial charge is 0.274 e. The Morgan fingerprint density at radius 1 is 0.875 bits per heavy atom. The van der Waals surface area contributed by atoms with Gasteiger partial charge >= 0.3 is 5.69 Å². The molecule has 2 aromatic carbocycles. The SMILES string of the molecule is O=c1[nH]c(=O)c2ccccc2sc2cc([N+](=O)[O-])ccc2c(=O)[nH]1. The van der Waals surface area contributed by atoms with Crippen LogP contribution in [0.15, 0.2) is 56.8 Å². The molecule has 0 aliphatic rings. The van der Waals surface area contributed by atoms with E-state index in [9.17, 15) is 24.5 Å². The molecular weight excluding hydrogens is 334 g/mol.